The van der Waals surface area contributed by atoms with E-state index >= 15 is 0 Å². The molecule has 0 amide bonds. The summed E-state index contributed by atoms with van der Waals surface area (Å²) in [6.07, 6.45) is 0.241. The molecule has 102 valence electrons. The Hall–Kier alpha value is -0.340. The second-order valence-corrected chi connectivity index (χ2v) is 8.07. The summed E-state index contributed by atoms with van der Waals surface area (Å²) in [5.41, 5.74) is 0.920. The first-order valence-electron chi connectivity index (χ1n) is 6.12. The van der Waals surface area contributed by atoms with E-state index in [0.29, 0.717) is 0 Å². The van der Waals surface area contributed by atoms with Crippen molar-refractivity contribution >= 4 is 18.0 Å². The molecule has 18 heavy (non-hydrogen) atoms. The van der Waals surface area contributed by atoms with E-state index in [1.807, 2.05) is 58.0 Å². The molecule has 0 radical (unpaired) electrons. The zero-order chi connectivity index (χ0) is 13.8. The quantitative estimate of drug-likeness (QED) is 0.563. The van der Waals surface area contributed by atoms with Gasteiger partial charge in [-0.25, -0.2) is 4.62 Å². The van der Waals surface area contributed by atoms with E-state index in [2.05, 4.69) is 0 Å². The molecule has 0 fully saturated rings. The molecule has 0 aliphatic heterocycles. The van der Waals surface area contributed by atoms with E-state index in [4.69, 9.17) is 15.9 Å². The Labute approximate surface area is 114 Å². The van der Waals surface area contributed by atoms with Gasteiger partial charge in [0.2, 0.25) is 0 Å². The molecular formula is C13H21ClNO2P. The highest BCUT2D eigenvalue weighted by Gasteiger charge is 2.27. The molecule has 1 unspecified atom stereocenters. The van der Waals surface area contributed by atoms with Gasteiger partial charge in [0.1, 0.15) is 0 Å². The molecular weight excluding hydrogens is 269 g/mol. The normalized spacial score (nSPS) is 15.3. The van der Waals surface area contributed by atoms with Crippen molar-refractivity contribution in [1.82, 2.24) is 5.06 Å². The minimum absolute atomic E-state index is 0.132. The van der Waals surface area contributed by atoms with Gasteiger partial charge in [0.25, 0.3) is 0 Å². The fourth-order valence-electron chi connectivity index (χ4n) is 1.76. The first-order chi connectivity index (χ1) is 8.32. The van der Waals surface area contributed by atoms with Gasteiger partial charge in [0, 0.05) is 12.1 Å². The maximum absolute atomic E-state index is 12.3. The highest BCUT2D eigenvalue weighted by Crippen LogP contribution is 2.56. The summed E-state index contributed by atoms with van der Waals surface area (Å²) in [5, 5.41) is 1.69. The highest BCUT2D eigenvalue weighted by molar-refractivity contribution is 7.84. The van der Waals surface area contributed by atoms with Crippen molar-refractivity contribution in [2.45, 2.75) is 45.9 Å². The standard InChI is InChI=1S/C13H21ClNO2P/c1-11(2)15(12(3)4)17-18(14,16)10-13-8-6-5-7-9-13/h5-9,11-12H,10H2,1-4H3. The van der Waals surface area contributed by atoms with Crippen LogP contribution in [0.1, 0.15) is 33.3 Å². The molecule has 0 aromatic heterocycles. The van der Waals surface area contributed by atoms with Gasteiger partial charge in [-0.3, -0.25) is 4.57 Å². The van der Waals surface area contributed by atoms with Crippen molar-refractivity contribution in [3.63, 3.8) is 0 Å². The molecule has 1 aromatic carbocycles. The zero-order valence-electron chi connectivity index (χ0n) is 11.3. The van der Waals surface area contributed by atoms with Gasteiger partial charge >= 0.3 is 6.72 Å². The van der Waals surface area contributed by atoms with E-state index in [-0.39, 0.29) is 18.2 Å². The van der Waals surface area contributed by atoms with E-state index in [9.17, 15) is 4.57 Å². The maximum atomic E-state index is 12.3. The fourth-order valence-corrected chi connectivity index (χ4v) is 3.75. The van der Waals surface area contributed by atoms with Crippen LogP contribution in [0.15, 0.2) is 30.3 Å². The fraction of sp³-hybridized carbons (Fsp3) is 0.538. The lowest BCUT2D eigenvalue weighted by atomic mass is 10.2. The predicted octanol–water partition coefficient (Wildman–Crippen LogP) is 4.67. The molecule has 1 aromatic rings. The molecule has 0 saturated carbocycles. The van der Waals surface area contributed by atoms with Gasteiger partial charge < -0.3 is 0 Å². The number of benzene rings is 1. The Kier molecular flexibility index (Phi) is 5.87. The maximum Gasteiger partial charge on any atom is 0.310 e. The first-order valence-corrected chi connectivity index (χ1v) is 8.84. The molecule has 1 atom stereocenters. The molecule has 0 bridgehead atoms. The lowest BCUT2D eigenvalue weighted by molar-refractivity contribution is -0.106. The van der Waals surface area contributed by atoms with Crippen LogP contribution < -0.4 is 0 Å². The number of hydrogen-bond donors (Lipinski definition) is 0. The Bertz CT molecular complexity index is 401. The summed E-state index contributed by atoms with van der Waals surface area (Å²) in [7, 11) is 0. The molecule has 5 heteroatoms. The molecule has 0 saturated heterocycles. The third kappa shape index (κ3) is 5.11. The molecule has 1 rings (SSSR count). The Morgan fingerprint density at radius 2 is 1.67 bits per heavy atom. The smallest absolute Gasteiger partial charge is 0.273 e. The number of halogens is 1. The van der Waals surface area contributed by atoms with Crippen LogP contribution in [-0.4, -0.2) is 17.1 Å². The van der Waals surface area contributed by atoms with E-state index in [0.717, 1.165) is 5.56 Å². The minimum atomic E-state index is -3.18. The van der Waals surface area contributed by atoms with Gasteiger partial charge in [-0.2, -0.15) is 5.06 Å². The second-order valence-electron chi connectivity index (χ2n) is 4.86. The van der Waals surface area contributed by atoms with Crippen LogP contribution >= 0.6 is 18.0 Å². The summed E-state index contributed by atoms with van der Waals surface area (Å²) in [5.74, 6) is 0. The zero-order valence-corrected chi connectivity index (χ0v) is 13.0. The third-order valence-electron chi connectivity index (χ3n) is 2.45. The van der Waals surface area contributed by atoms with Crippen LogP contribution in [0.5, 0.6) is 0 Å². The van der Waals surface area contributed by atoms with Gasteiger partial charge in [0.15, 0.2) is 0 Å². The summed E-state index contributed by atoms with van der Waals surface area (Å²) in [4.78, 5) is 0. The van der Waals surface area contributed by atoms with Crippen molar-refractivity contribution in [2.24, 2.45) is 0 Å². The summed E-state index contributed by atoms with van der Waals surface area (Å²) >= 11 is 6.05. The number of hydrogen-bond acceptors (Lipinski definition) is 3. The topological polar surface area (TPSA) is 29.5 Å². The monoisotopic (exact) mass is 289 g/mol. The minimum Gasteiger partial charge on any atom is -0.273 e. The first kappa shape index (κ1) is 15.7. The van der Waals surface area contributed by atoms with E-state index in [1.165, 1.54) is 0 Å². The van der Waals surface area contributed by atoms with Crippen LogP contribution in [0, 0.1) is 0 Å². The molecule has 0 aliphatic rings. The molecule has 0 spiro atoms. The van der Waals surface area contributed by atoms with E-state index in [1.54, 1.807) is 5.06 Å². The van der Waals surface area contributed by atoms with Gasteiger partial charge in [-0.15, -0.1) is 0 Å². The Morgan fingerprint density at radius 1 is 1.17 bits per heavy atom. The third-order valence-corrected chi connectivity index (χ3v) is 4.17. The second kappa shape index (κ2) is 6.72. The largest absolute Gasteiger partial charge is 0.310 e. The lowest BCUT2D eigenvalue weighted by Crippen LogP contribution is -2.35. The van der Waals surface area contributed by atoms with Crippen molar-refractivity contribution < 1.29 is 9.19 Å². The molecule has 0 aliphatic carbocycles. The highest BCUT2D eigenvalue weighted by atomic mass is 35.7. The van der Waals surface area contributed by atoms with Gasteiger partial charge in [0.05, 0.1) is 6.16 Å². The summed E-state index contributed by atoms with van der Waals surface area (Å²) in [6, 6.07) is 9.77. The summed E-state index contributed by atoms with van der Waals surface area (Å²) in [6.45, 7) is 4.76. The summed E-state index contributed by atoms with van der Waals surface area (Å²) < 4.78 is 17.8. The van der Waals surface area contributed by atoms with E-state index < -0.39 is 6.72 Å². The van der Waals surface area contributed by atoms with Gasteiger partial charge in [-0.05, 0) is 44.5 Å². The average Bonchev–Trinajstić information content (AvgIpc) is 2.26. The van der Waals surface area contributed by atoms with Crippen LogP contribution in [0.2, 0.25) is 0 Å². The number of nitrogens with zero attached hydrogens (tertiary/aromatic N) is 1. The van der Waals surface area contributed by atoms with Crippen LogP contribution in [0.3, 0.4) is 0 Å². The van der Waals surface area contributed by atoms with Gasteiger partial charge in [-0.1, -0.05) is 30.3 Å². The van der Waals surface area contributed by atoms with Crippen LogP contribution in [-0.2, 0) is 15.4 Å². The van der Waals surface area contributed by atoms with Crippen molar-refractivity contribution in [2.75, 3.05) is 0 Å². The molecule has 3 nitrogen and oxygen atoms in total. The SMILES string of the molecule is CC(C)N(OP(=O)(Cl)Cc1ccccc1)C(C)C. The number of rotatable bonds is 6. The molecule has 0 heterocycles. The van der Waals surface area contributed by atoms with Crippen LogP contribution in [0.25, 0.3) is 0 Å². The van der Waals surface area contributed by atoms with Crippen molar-refractivity contribution in [1.29, 1.82) is 0 Å². The Balaban J connectivity index is 2.72. The van der Waals surface area contributed by atoms with Crippen LogP contribution in [0.4, 0.5) is 0 Å². The lowest BCUT2D eigenvalue weighted by Gasteiger charge is -2.30. The number of hydroxylamine groups is 2. The molecule has 0 N–H and O–H groups in total. The van der Waals surface area contributed by atoms with Crippen molar-refractivity contribution in [3.05, 3.63) is 35.9 Å². The average molecular weight is 290 g/mol. The Morgan fingerprint density at radius 3 is 2.11 bits per heavy atom. The predicted molar refractivity (Wildman–Crippen MR) is 76.8 cm³/mol. The van der Waals surface area contributed by atoms with Crippen molar-refractivity contribution in [3.8, 4) is 0 Å².